The van der Waals surface area contributed by atoms with Gasteiger partial charge in [-0.15, -0.1) is 0 Å². The molecule has 13 aromatic rings. The maximum atomic E-state index is 14.4. The summed E-state index contributed by atoms with van der Waals surface area (Å²) in [5, 5.41) is 17.6. The fourth-order valence-corrected chi connectivity index (χ4v) is 10.3. The molecule has 0 atom stereocenters. The third-order valence-electron chi connectivity index (χ3n) is 13.2. The van der Waals surface area contributed by atoms with Crippen LogP contribution in [0, 0.1) is 11.3 Å². The maximum absolute atomic E-state index is 14.4. The highest BCUT2D eigenvalue weighted by molar-refractivity contribution is 6.25. The molecule has 0 spiro atoms. The van der Waals surface area contributed by atoms with Crippen LogP contribution in [0.3, 0.4) is 0 Å². The first-order valence-electron chi connectivity index (χ1n) is 21.6. The van der Waals surface area contributed by atoms with Crippen molar-refractivity contribution in [2.75, 3.05) is 0 Å². The van der Waals surface area contributed by atoms with Gasteiger partial charge in [-0.25, -0.2) is 0 Å². The van der Waals surface area contributed by atoms with E-state index < -0.39 is 23.5 Å². The first-order chi connectivity index (χ1) is 32.9. The van der Waals surface area contributed by atoms with E-state index in [9.17, 15) is 31.6 Å². The molecule has 326 valence electrons. The Balaban J connectivity index is 1.16. The highest BCUT2D eigenvalue weighted by atomic mass is 19.4. The molecule has 9 aromatic carbocycles. The number of alkyl halides is 6. The van der Waals surface area contributed by atoms with Gasteiger partial charge in [-0.3, -0.25) is 0 Å². The van der Waals surface area contributed by atoms with E-state index >= 15 is 0 Å². The molecule has 0 saturated carbocycles. The second-order valence-electron chi connectivity index (χ2n) is 16.9. The number of hydrogen-bond donors (Lipinski definition) is 0. The van der Waals surface area contributed by atoms with Gasteiger partial charge >= 0.3 is 12.4 Å². The van der Waals surface area contributed by atoms with Gasteiger partial charge in [0.25, 0.3) is 0 Å². The minimum Gasteiger partial charge on any atom is -0.455 e. The summed E-state index contributed by atoms with van der Waals surface area (Å²) in [4.78, 5) is 0. The Kier molecular flexibility index (Phi) is 8.23. The molecular formula is C57H29F6N3O2. The fraction of sp³-hybridized carbons (Fsp3) is 0.0351. The highest BCUT2D eigenvalue weighted by Gasteiger charge is 2.37. The molecule has 0 saturated heterocycles. The maximum Gasteiger partial charge on any atom is 0.416 e. The number of nitriles is 1. The summed E-state index contributed by atoms with van der Waals surface area (Å²) in [6, 6.07) is 53.3. The quantitative estimate of drug-likeness (QED) is 0.165. The molecule has 0 aliphatic carbocycles. The molecule has 11 heteroatoms. The van der Waals surface area contributed by atoms with Gasteiger partial charge in [0.1, 0.15) is 22.3 Å². The Hall–Kier alpha value is -8.75. The van der Waals surface area contributed by atoms with Crippen LogP contribution in [0.4, 0.5) is 26.3 Å². The van der Waals surface area contributed by atoms with E-state index in [-0.39, 0.29) is 17.2 Å². The normalized spacial score (nSPS) is 12.5. The summed E-state index contributed by atoms with van der Waals surface area (Å²) in [6.07, 6.45) is -10.1. The lowest BCUT2D eigenvalue weighted by Crippen LogP contribution is -2.11. The monoisotopic (exact) mass is 901 g/mol. The lowest BCUT2D eigenvalue weighted by Gasteiger charge is -2.20. The number of halogens is 6. The van der Waals surface area contributed by atoms with Crippen LogP contribution in [0.15, 0.2) is 185 Å². The van der Waals surface area contributed by atoms with Gasteiger partial charge in [0.15, 0.2) is 0 Å². The summed E-state index contributed by atoms with van der Waals surface area (Å²) >= 11 is 0. The number of hydrogen-bond acceptors (Lipinski definition) is 3. The van der Waals surface area contributed by atoms with Gasteiger partial charge in [-0.05, 0) is 102 Å². The summed E-state index contributed by atoms with van der Waals surface area (Å²) in [5.74, 6) is 0. The number of furan rings is 2. The van der Waals surface area contributed by atoms with Crippen LogP contribution >= 0.6 is 0 Å². The summed E-state index contributed by atoms with van der Waals surface area (Å²) in [5.41, 5.74) is 5.34. The number of benzene rings is 9. The van der Waals surface area contributed by atoms with Crippen LogP contribution in [0.1, 0.15) is 16.7 Å². The molecule has 0 fully saturated rings. The second kappa shape index (κ2) is 14.1. The predicted octanol–water partition coefficient (Wildman–Crippen LogP) is 16.9. The molecule has 0 N–H and O–H groups in total. The standard InChI is InChI=1S/C57H29F6N3O2/c58-56(59,60)34-26-33(27-35(29-34)57(61,62)63)32-18-19-36(49(28-32)66-45-14-6-2-12-42(45)53-48(66)24-21-40-38-10-4-8-16-51(38)68-55(40)53)43-25-31(30-64)17-22-46(43)65-44-13-5-1-11-41(44)52-47(65)23-20-39-37-9-3-7-15-50(37)67-54(39)52/h1-29H. The average molecular weight is 902 g/mol. The Morgan fingerprint density at radius 1 is 0.397 bits per heavy atom. The van der Waals surface area contributed by atoms with E-state index in [1.54, 1.807) is 24.3 Å². The topological polar surface area (TPSA) is 59.9 Å². The van der Waals surface area contributed by atoms with Gasteiger partial charge in [0.2, 0.25) is 0 Å². The van der Waals surface area contributed by atoms with Crippen molar-refractivity contribution in [1.82, 2.24) is 9.13 Å². The molecule has 0 amide bonds. The van der Waals surface area contributed by atoms with Gasteiger partial charge in [-0.2, -0.15) is 31.6 Å². The van der Waals surface area contributed by atoms with E-state index in [4.69, 9.17) is 8.83 Å². The Morgan fingerprint density at radius 3 is 1.43 bits per heavy atom. The van der Waals surface area contributed by atoms with E-state index in [0.29, 0.717) is 55.8 Å². The van der Waals surface area contributed by atoms with Gasteiger partial charge in [-0.1, -0.05) is 84.9 Å². The van der Waals surface area contributed by atoms with Crippen molar-refractivity contribution in [3.8, 4) is 39.7 Å². The Labute approximate surface area is 380 Å². The van der Waals surface area contributed by atoms with Crippen molar-refractivity contribution in [1.29, 1.82) is 5.26 Å². The smallest absolute Gasteiger partial charge is 0.416 e. The lowest BCUT2D eigenvalue weighted by molar-refractivity contribution is -0.143. The van der Waals surface area contributed by atoms with Crippen molar-refractivity contribution in [2.24, 2.45) is 0 Å². The van der Waals surface area contributed by atoms with E-state index in [1.807, 2.05) is 132 Å². The van der Waals surface area contributed by atoms with Gasteiger partial charge in [0.05, 0.1) is 67.0 Å². The van der Waals surface area contributed by atoms with Crippen molar-refractivity contribution >= 4 is 87.5 Å². The molecule has 13 rings (SSSR count). The molecule has 0 bridgehead atoms. The zero-order valence-electron chi connectivity index (χ0n) is 35.2. The SMILES string of the molecule is N#Cc1ccc(-n2c3ccccc3c3c4oc5ccccc5c4ccc32)c(-c2ccc(-c3cc(C(F)(F)F)cc(C(F)(F)F)c3)cc2-n2c3ccccc3c3c4oc5ccccc5c4ccc32)c1. The van der Waals surface area contributed by atoms with Crippen LogP contribution < -0.4 is 0 Å². The van der Waals surface area contributed by atoms with Gasteiger partial charge < -0.3 is 18.0 Å². The Bertz CT molecular complexity index is 4300. The number of para-hydroxylation sites is 4. The molecule has 0 unspecified atom stereocenters. The summed E-state index contributed by atoms with van der Waals surface area (Å²) in [6.45, 7) is 0. The molecule has 5 nitrogen and oxygen atoms in total. The average Bonchev–Trinajstić information content (AvgIpc) is 4.10. The third kappa shape index (κ3) is 5.77. The van der Waals surface area contributed by atoms with Crippen LogP contribution in [0.2, 0.25) is 0 Å². The van der Waals surface area contributed by atoms with Crippen LogP contribution in [-0.4, -0.2) is 9.13 Å². The predicted molar refractivity (Wildman–Crippen MR) is 255 cm³/mol. The summed E-state index contributed by atoms with van der Waals surface area (Å²) in [7, 11) is 0. The third-order valence-corrected chi connectivity index (χ3v) is 13.2. The minimum absolute atomic E-state index is 0.109. The minimum atomic E-state index is -5.06. The highest BCUT2D eigenvalue weighted by Crippen LogP contribution is 2.47. The molecular weight excluding hydrogens is 873 g/mol. The van der Waals surface area contributed by atoms with Crippen molar-refractivity contribution in [2.45, 2.75) is 12.4 Å². The first kappa shape index (κ1) is 39.6. The second-order valence-corrected chi connectivity index (χ2v) is 16.9. The van der Waals surface area contributed by atoms with Crippen molar-refractivity contribution < 1.29 is 35.2 Å². The van der Waals surface area contributed by atoms with Gasteiger partial charge in [0, 0.05) is 43.4 Å². The number of nitrogens with zero attached hydrogens (tertiary/aromatic N) is 3. The molecule has 4 heterocycles. The Morgan fingerprint density at radius 2 is 0.897 bits per heavy atom. The molecule has 4 aromatic heterocycles. The van der Waals surface area contributed by atoms with Crippen LogP contribution in [-0.2, 0) is 12.4 Å². The molecule has 68 heavy (non-hydrogen) atoms. The largest absolute Gasteiger partial charge is 0.455 e. The summed E-state index contributed by atoms with van der Waals surface area (Å²) < 4.78 is 104. The van der Waals surface area contributed by atoms with Crippen LogP contribution in [0.25, 0.3) is 121 Å². The van der Waals surface area contributed by atoms with E-state index in [1.165, 1.54) is 6.07 Å². The molecule has 0 radical (unpaired) electrons. The number of fused-ring (bicyclic) bond motifs is 14. The van der Waals surface area contributed by atoms with Crippen molar-refractivity contribution in [3.63, 3.8) is 0 Å². The number of rotatable bonds is 4. The van der Waals surface area contributed by atoms with Crippen LogP contribution in [0.5, 0.6) is 0 Å². The lowest BCUT2D eigenvalue weighted by atomic mass is 9.93. The molecule has 0 aliphatic rings. The molecule has 0 aliphatic heterocycles. The fourth-order valence-electron chi connectivity index (χ4n) is 10.3. The zero-order chi connectivity index (χ0) is 46.2. The first-order valence-corrected chi connectivity index (χ1v) is 21.6. The van der Waals surface area contributed by atoms with E-state index in [2.05, 4.69) is 10.6 Å². The van der Waals surface area contributed by atoms with E-state index in [0.717, 1.165) is 71.8 Å². The van der Waals surface area contributed by atoms with Crippen molar-refractivity contribution in [3.05, 3.63) is 193 Å². The number of aromatic nitrogens is 2. The zero-order valence-corrected chi connectivity index (χ0v) is 35.2.